The number of carbonyl (C=O) groups is 1. The van der Waals surface area contributed by atoms with Crippen LogP contribution >= 0.6 is 11.8 Å². The van der Waals surface area contributed by atoms with Crippen LogP contribution < -0.4 is 14.8 Å². The molecule has 34 heavy (non-hydrogen) atoms. The van der Waals surface area contributed by atoms with Crippen LogP contribution in [0.15, 0.2) is 71.9 Å². The number of rotatable bonds is 8. The SMILES string of the molecule is COc1ccc(NC(=O)CSc2nnc(-c3ccccc3)n2-c2ccc(F)cc2F)cc1OC. The molecule has 1 aromatic heterocycles. The van der Waals surface area contributed by atoms with Crippen molar-refractivity contribution in [3.05, 3.63) is 78.4 Å². The van der Waals surface area contributed by atoms with E-state index in [2.05, 4.69) is 15.5 Å². The lowest BCUT2D eigenvalue weighted by Crippen LogP contribution is -2.15. The number of thioether (sulfide) groups is 1. The van der Waals surface area contributed by atoms with Gasteiger partial charge in [-0.2, -0.15) is 0 Å². The van der Waals surface area contributed by atoms with Gasteiger partial charge in [0, 0.05) is 23.4 Å². The first-order valence-corrected chi connectivity index (χ1v) is 11.1. The first-order chi connectivity index (χ1) is 16.5. The average molecular weight is 483 g/mol. The third kappa shape index (κ3) is 5.01. The number of halogens is 2. The molecule has 174 valence electrons. The summed E-state index contributed by atoms with van der Waals surface area (Å²) >= 11 is 1.08. The van der Waals surface area contributed by atoms with E-state index in [1.54, 1.807) is 30.3 Å². The van der Waals surface area contributed by atoms with Crippen molar-refractivity contribution in [3.63, 3.8) is 0 Å². The standard InChI is InChI=1S/C24H20F2N4O3S/c1-32-20-11-9-17(13-21(20)33-2)27-22(31)14-34-24-29-28-23(15-6-4-3-5-7-15)30(24)19-10-8-16(25)12-18(19)26/h3-13H,14H2,1-2H3,(H,27,31). The van der Waals surface area contributed by atoms with Crippen molar-refractivity contribution >= 4 is 23.4 Å². The fourth-order valence-electron chi connectivity index (χ4n) is 3.26. The molecular weight excluding hydrogens is 462 g/mol. The Balaban J connectivity index is 1.59. The minimum atomic E-state index is -0.770. The fraction of sp³-hybridized carbons (Fsp3) is 0.125. The number of aromatic nitrogens is 3. The zero-order valence-electron chi connectivity index (χ0n) is 18.3. The lowest BCUT2D eigenvalue weighted by atomic mass is 10.2. The van der Waals surface area contributed by atoms with Gasteiger partial charge < -0.3 is 14.8 Å². The van der Waals surface area contributed by atoms with E-state index >= 15 is 0 Å². The Morgan fingerprint density at radius 1 is 0.971 bits per heavy atom. The van der Waals surface area contributed by atoms with Gasteiger partial charge in [0.25, 0.3) is 0 Å². The van der Waals surface area contributed by atoms with E-state index in [1.165, 1.54) is 24.9 Å². The van der Waals surface area contributed by atoms with Crippen molar-refractivity contribution in [2.45, 2.75) is 5.16 Å². The third-order valence-corrected chi connectivity index (χ3v) is 5.74. The molecule has 4 rings (SSSR count). The summed E-state index contributed by atoms with van der Waals surface area (Å²) in [6, 6.07) is 17.4. The molecule has 0 radical (unpaired) electrons. The van der Waals surface area contributed by atoms with Gasteiger partial charge in [-0.05, 0) is 24.3 Å². The number of amides is 1. The summed E-state index contributed by atoms with van der Waals surface area (Å²) in [6.45, 7) is 0. The second kappa shape index (κ2) is 10.3. The summed E-state index contributed by atoms with van der Waals surface area (Å²) in [6.07, 6.45) is 0. The van der Waals surface area contributed by atoms with Crippen LogP contribution in [0.4, 0.5) is 14.5 Å². The molecule has 0 spiro atoms. The second-order valence-corrected chi connectivity index (χ2v) is 7.95. The topological polar surface area (TPSA) is 78.3 Å². The maximum atomic E-state index is 14.7. The minimum absolute atomic E-state index is 0.0237. The number of benzene rings is 3. The summed E-state index contributed by atoms with van der Waals surface area (Å²) in [7, 11) is 3.03. The van der Waals surface area contributed by atoms with E-state index in [9.17, 15) is 13.6 Å². The number of carbonyl (C=O) groups excluding carboxylic acids is 1. The number of ether oxygens (including phenoxy) is 2. The molecule has 1 amide bonds. The van der Waals surface area contributed by atoms with E-state index in [-0.39, 0.29) is 22.5 Å². The average Bonchev–Trinajstić information content (AvgIpc) is 3.27. The molecule has 0 aliphatic rings. The van der Waals surface area contributed by atoms with E-state index in [4.69, 9.17) is 9.47 Å². The molecule has 4 aromatic rings. The smallest absolute Gasteiger partial charge is 0.234 e. The number of hydrogen-bond acceptors (Lipinski definition) is 6. The maximum Gasteiger partial charge on any atom is 0.234 e. The van der Waals surface area contributed by atoms with Crippen molar-refractivity contribution in [2.24, 2.45) is 0 Å². The Bertz CT molecular complexity index is 1320. The molecule has 0 unspecified atom stereocenters. The zero-order valence-corrected chi connectivity index (χ0v) is 19.1. The zero-order chi connectivity index (χ0) is 24.1. The van der Waals surface area contributed by atoms with Crippen molar-refractivity contribution < 1.29 is 23.0 Å². The van der Waals surface area contributed by atoms with E-state index in [1.807, 2.05) is 18.2 Å². The molecule has 0 atom stereocenters. The highest BCUT2D eigenvalue weighted by Crippen LogP contribution is 2.31. The first-order valence-electron chi connectivity index (χ1n) is 10.1. The van der Waals surface area contributed by atoms with Crippen LogP contribution in [-0.4, -0.2) is 40.6 Å². The summed E-state index contributed by atoms with van der Waals surface area (Å²) in [5.41, 5.74) is 1.30. The van der Waals surface area contributed by atoms with Gasteiger partial charge in [0.05, 0.1) is 25.7 Å². The Labute approximate surface area is 198 Å². The largest absolute Gasteiger partial charge is 0.493 e. The molecule has 1 heterocycles. The van der Waals surface area contributed by atoms with Gasteiger partial charge in [-0.1, -0.05) is 42.1 Å². The monoisotopic (exact) mass is 482 g/mol. The van der Waals surface area contributed by atoms with Gasteiger partial charge in [-0.15, -0.1) is 10.2 Å². The lowest BCUT2D eigenvalue weighted by molar-refractivity contribution is -0.113. The molecule has 0 saturated carbocycles. The van der Waals surface area contributed by atoms with Crippen molar-refractivity contribution in [1.29, 1.82) is 0 Å². The summed E-state index contributed by atoms with van der Waals surface area (Å²) in [5.74, 6) is -0.414. The highest BCUT2D eigenvalue weighted by Gasteiger charge is 2.20. The van der Waals surface area contributed by atoms with Gasteiger partial charge >= 0.3 is 0 Å². The number of methoxy groups -OCH3 is 2. The number of anilines is 1. The molecule has 0 aliphatic heterocycles. The summed E-state index contributed by atoms with van der Waals surface area (Å²) in [5, 5.41) is 11.4. The predicted molar refractivity (Wildman–Crippen MR) is 126 cm³/mol. The number of nitrogens with one attached hydrogen (secondary N) is 1. The lowest BCUT2D eigenvalue weighted by Gasteiger charge is -2.12. The van der Waals surface area contributed by atoms with Crippen LogP contribution in [0.25, 0.3) is 17.1 Å². The minimum Gasteiger partial charge on any atom is -0.493 e. The van der Waals surface area contributed by atoms with Crippen LogP contribution in [0.5, 0.6) is 11.5 Å². The Hall–Kier alpha value is -3.92. The summed E-state index contributed by atoms with van der Waals surface area (Å²) < 4.78 is 40.1. The van der Waals surface area contributed by atoms with Crippen LogP contribution in [0.3, 0.4) is 0 Å². The third-order valence-electron chi connectivity index (χ3n) is 4.82. The molecule has 1 N–H and O–H groups in total. The van der Waals surface area contributed by atoms with Gasteiger partial charge in [-0.25, -0.2) is 8.78 Å². The van der Waals surface area contributed by atoms with E-state index in [0.717, 1.165) is 23.9 Å². The van der Waals surface area contributed by atoms with Gasteiger partial charge in [-0.3, -0.25) is 9.36 Å². The quantitative estimate of drug-likeness (QED) is 0.358. The predicted octanol–water partition coefficient (Wildman–Crippen LogP) is 4.96. The van der Waals surface area contributed by atoms with Gasteiger partial charge in [0.15, 0.2) is 22.5 Å². The van der Waals surface area contributed by atoms with Crippen LogP contribution in [0.2, 0.25) is 0 Å². The molecular formula is C24H20F2N4O3S. The first kappa shape index (κ1) is 23.2. The number of nitrogens with zero attached hydrogens (tertiary/aromatic N) is 3. The number of hydrogen-bond donors (Lipinski definition) is 1. The molecule has 0 bridgehead atoms. The van der Waals surface area contributed by atoms with Crippen LogP contribution in [0, 0.1) is 11.6 Å². The van der Waals surface area contributed by atoms with Gasteiger partial charge in [0.1, 0.15) is 11.6 Å². The summed E-state index contributed by atoms with van der Waals surface area (Å²) in [4.78, 5) is 12.6. The molecule has 0 fully saturated rings. The normalized spacial score (nSPS) is 10.7. The Morgan fingerprint density at radius 3 is 2.44 bits per heavy atom. The molecule has 0 saturated heterocycles. The molecule has 10 heteroatoms. The molecule has 7 nitrogen and oxygen atoms in total. The highest BCUT2D eigenvalue weighted by molar-refractivity contribution is 7.99. The molecule has 0 aliphatic carbocycles. The van der Waals surface area contributed by atoms with E-state index < -0.39 is 11.6 Å². The van der Waals surface area contributed by atoms with Crippen molar-refractivity contribution in [2.75, 3.05) is 25.3 Å². The Kier molecular flexibility index (Phi) is 7.07. The Morgan fingerprint density at radius 2 is 1.74 bits per heavy atom. The van der Waals surface area contributed by atoms with Crippen LogP contribution in [-0.2, 0) is 4.79 Å². The van der Waals surface area contributed by atoms with Gasteiger partial charge in [0.2, 0.25) is 5.91 Å². The van der Waals surface area contributed by atoms with Crippen molar-refractivity contribution in [3.8, 4) is 28.6 Å². The second-order valence-electron chi connectivity index (χ2n) is 7.01. The molecule has 3 aromatic carbocycles. The van der Waals surface area contributed by atoms with Crippen molar-refractivity contribution in [1.82, 2.24) is 14.8 Å². The highest BCUT2D eigenvalue weighted by atomic mass is 32.2. The van der Waals surface area contributed by atoms with E-state index in [0.29, 0.717) is 28.6 Å². The van der Waals surface area contributed by atoms with Crippen LogP contribution in [0.1, 0.15) is 0 Å². The maximum absolute atomic E-state index is 14.7. The fourth-order valence-corrected chi connectivity index (χ4v) is 4.00.